The Kier molecular flexibility index (Phi) is 6.69. The van der Waals surface area contributed by atoms with Crippen LogP contribution in [-0.2, 0) is 4.79 Å². The average molecular weight is 351 g/mol. The minimum atomic E-state index is -0.806. The van der Waals surface area contributed by atoms with Gasteiger partial charge in [0.25, 0.3) is 5.91 Å². The summed E-state index contributed by atoms with van der Waals surface area (Å²) in [5.74, 6) is -0.273. The molecule has 0 saturated carbocycles. The number of carboxylic acids is 1. The fourth-order valence-electron chi connectivity index (χ4n) is 3.31. The zero-order chi connectivity index (χ0) is 17.6. The minimum Gasteiger partial charge on any atom is -0.481 e. The van der Waals surface area contributed by atoms with Gasteiger partial charge in [-0.25, -0.2) is 0 Å². The molecule has 24 heavy (non-hydrogen) atoms. The van der Waals surface area contributed by atoms with Gasteiger partial charge >= 0.3 is 5.97 Å². The number of aliphatic hydroxyl groups excluding tert-OH is 1. The average Bonchev–Trinajstić information content (AvgIpc) is 2.60. The van der Waals surface area contributed by atoms with E-state index in [1.54, 1.807) is 17.0 Å². The molecule has 1 saturated heterocycles. The van der Waals surface area contributed by atoms with Gasteiger partial charge in [-0.1, -0.05) is 13.3 Å². The minimum absolute atomic E-state index is 0.102. The van der Waals surface area contributed by atoms with Gasteiger partial charge in [-0.15, -0.1) is 11.8 Å². The van der Waals surface area contributed by atoms with Crippen LogP contribution in [-0.4, -0.2) is 52.4 Å². The van der Waals surface area contributed by atoms with Crippen molar-refractivity contribution in [2.75, 3.05) is 25.4 Å². The molecule has 1 amide bonds. The molecule has 1 heterocycles. The predicted octanol–water partition coefficient (Wildman–Crippen LogP) is 2.88. The summed E-state index contributed by atoms with van der Waals surface area (Å²) in [5, 5.41) is 18.5. The largest absolute Gasteiger partial charge is 0.481 e. The van der Waals surface area contributed by atoms with E-state index in [0.717, 1.165) is 17.7 Å². The number of carboxylic acid groups (broad SMARTS) is 1. The van der Waals surface area contributed by atoms with Crippen LogP contribution in [0.5, 0.6) is 0 Å². The fourth-order valence-corrected chi connectivity index (χ4v) is 3.96. The third-order valence-electron chi connectivity index (χ3n) is 4.51. The van der Waals surface area contributed by atoms with E-state index in [9.17, 15) is 14.7 Å². The Morgan fingerprint density at radius 2 is 2.00 bits per heavy atom. The second kappa shape index (κ2) is 8.53. The molecule has 0 radical (unpaired) electrons. The lowest BCUT2D eigenvalue weighted by Gasteiger charge is -2.40. The van der Waals surface area contributed by atoms with Gasteiger partial charge in [-0.3, -0.25) is 9.59 Å². The quantitative estimate of drug-likeness (QED) is 0.739. The summed E-state index contributed by atoms with van der Waals surface area (Å²) in [7, 11) is 0. The summed E-state index contributed by atoms with van der Waals surface area (Å²) >= 11 is 1.53. The number of hydrogen-bond acceptors (Lipinski definition) is 4. The van der Waals surface area contributed by atoms with E-state index < -0.39 is 11.4 Å². The van der Waals surface area contributed by atoms with Gasteiger partial charge in [0.15, 0.2) is 0 Å². The molecule has 1 atom stereocenters. The van der Waals surface area contributed by atoms with E-state index in [1.807, 2.05) is 19.1 Å². The van der Waals surface area contributed by atoms with E-state index in [1.165, 1.54) is 11.8 Å². The van der Waals surface area contributed by atoms with Crippen molar-refractivity contribution in [1.29, 1.82) is 0 Å². The van der Waals surface area contributed by atoms with Crippen LogP contribution in [0.2, 0.25) is 0 Å². The van der Waals surface area contributed by atoms with Gasteiger partial charge in [-0.05, 0) is 43.5 Å². The first-order chi connectivity index (χ1) is 11.5. The van der Waals surface area contributed by atoms with Crippen LogP contribution >= 0.6 is 11.8 Å². The highest BCUT2D eigenvalue weighted by Gasteiger charge is 2.42. The molecular weight excluding hydrogens is 326 g/mol. The molecule has 2 N–H and O–H groups in total. The van der Waals surface area contributed by atoms with Gasteiger partial charge in [0.05, 0.1) is 12.0 Å². The number of carbonyl (C=O) groups is 2. The second-order valence-electron chi connectivity index (χ2n) is 6.26. The van der Waals surface area contributed by atoms with Crippen LogP contribution in [0, 0.1) is 5.41 Å². The highest BCUT2D eigenvalue weighted by Crippen LogP contribution is 2.35. The molecule has 0 aliphatic carbocycles. The van der Waals surface area contributed by atoms with Crippen LogP contribution in [0.3, 0.4) is 0 Å². The summed E-state index contributed by atoms with van der Waals surface area (Å²) in [6.07, 6.45) is 2.76. The molecule has 0 unspecified atom stereocenters. The number of amides is 1. The topological polar surface area (TPSA) is 77.8 Å². The van der Waals surface area contributed by atoms with E-state index in [-0.39, 0.29) is 19.1 Å². The number of aliphatic hydroxyl groups is 1. The maximum atomic E-state index is 12.7. The molecule has 1 aromatic carbocycles. The molecule has 1 aliphatic rings. The highest BCUT2D eigenvalue weighted by molar-refractivity contribution is 7.99. The van der Waals surface area contributed by atoms with Crippen molar-refractivity contribution >= 4 is 23.6 Å². The SMILES string of the molecule is CCC[C@@]1(C(=O)O)CCCN(C(=O)c2ccc(SCCO)cc2)C1. The van der Waals surface area contributed by atoms with Crippen molar-refractivity contribution in [3.05, 3.63) is 29.8 Å². The molecule has 6 heteroatoms. The maximum absolute atomic E-state index is 12.7. The lowest BCUT2D eigenvalue weighted by Crippen LogP contribution is -2.49. The first kappa shape index (κ1) is 18.8. The van der Waals surface area contributed by atoms with Gasteiger partial charge < -0.3 is 15.1 Å². The van der Waals surface area contributed by atoms with Gasteiger partial charge in [-0.2, -0.15) is 0 Å². The molecule has 0 spiro atoms. The summed E-state index contributed by atoms with van der Waals surface area (Å²) < 4.78 is 0. The van der Waals surface area contributed by atoms with Crippen molar-refractivity contribution in [3.63, 3.8) is 0 Å². The number of carbonyl (C=O) groups excluding carboxylic acids is 1. The molecule has 0 bridgehead atoms. The Balaban J connectivity index is 2.09. The molecule has 0 aromatic heterocycles. The van der Waals surface area contributed by atoms with E-state index in [0.29, 0.717) is 30.7 Å². The van der Waals surface area contributed by atoms with E-state index in [4.69, 9.17) is 5.11 Å². The Bertz CT molecular complexity index is 571. The summed E-state index contributed by atoms with van der Waals surface area (Å²) in [4.78, 5) is 27.2. The highest BCUT2D eigenvalue weighted by atomic mass is 32.2. The Labute approximate surface area is 147 Å². The fraction of sp³-hybridized carbons (Fsp3) is 0.556. The normalized spacial score (nSPS) is 20.8. The second-order valence-corrected chi connectivity index (χ2v) is 7.43. The molecule has 1 aromatic rings. The summed E-state index contributed by atoms with van der Waals surface area (Å²) in [6, 6.07) is 7.29. The molecule has 5 nitrogen and oxygen atoms in total. The van der Waals surface area contributed by atoms with E-state index >= 15 is 0 Å². The van der Waals surface area contributed by atoms with Crippen molar-refractivity contribution in [2.45, 2.75) is 37.5 Å². The molecule has 132 valence electrons. The van der Waals surface area contributed by atoms with Crippen molar-refractivity contribution in [1.82, 2.24) is 4.90 Å². The monoisotopic (exact) mass is 351 g/mol. The van der Waals surface area contributed by atoms with Crippen molar-refractivity contribution < 1.29 is 19.8 Å². The molecule has 2 rings (SSSR count). The summed E-state index contributed by atoms with van der Waals surface area (Å²) in [6.45, 7) is 3.00. The van der Waals surface area contributed by atoms with Crippen molar-refractivity contribution in [2.24, 2.45) is 5.41 Å². The number of thioether (sulfide) groups is 1. The maximum Gasteiger partial charge on any atom is 0.311 e. The molecular formula is C18H25NO4S. The van der Waals surface area contributed by atoms with Gasteiger partial charge in [0.1, 0.15) is 0 Å². The van der Waals surface area contributed by atoms with E-state index in [2.05, 4.69) is 0 Å². The van der Waals surface area contributed by atoms with Crippen LogP contribution in [0.25, 0.3) is 0 Å². The lowest BCUT2D eigenvalue weighted by molar-refractivity contribution is -0.152. The number of piperidine rings is 1. The smallest absolute Gasteiger partial charge is 0.311 e. The number of likely N-dealkylation sites (tertiary alicyclic amines) is 1. The Hall–Kier alpha value is -1.53. The zero-order valence-electron chi connectivity index (χ0n) is 14.0. The van der Waals surface area contributed by atoms with Crippen LogP contribution in [0.4, 0.5) is 0 Å². The number of rotatable bonds is 7. The third kappa shape index (κ3) is 4.30. The van der Waals surface area contributed by atoms with Crippen LogP contribution in [0.1, 0.15) is 43.0 Å². The number of hydrogen-bond donors (Lipinski definition) is 2. The number of nitrogens with zero attached hydrogens (tertiary/aromatic N) is 1. The molecule has 1 aliphatic heterocycles. The Morgan fingerprint density at radius 3 is 2.58 bits per heavy atom. The van der Waals surface area contributed by atoms with Crippen LogP contribution < -0.4 is 0 Å². The van der Waals surface area contributed by atoms with Gasteiger partial charge in [0.2, 0.25) is 0 Å². The number of benzene rings is 1. The summed E-state index contributed by atoms with van der Waals surface area (Å²) in [5.41, 5.74) is -0.222. The van der Waals surface area contributed by atoms with Crippen LogP contribution in [0.15, 0.2) is 29.2 Å². The lowest BCUT2D eigenvalue weighted by atomic mass is 9.76. The Morgan fingerprint density at radius 1 is 1.29 bits per heavy atom. The molecule has 1 fully saturated rings. The first-order valence-corrected chi connectivity index (χ1v) is 9.37. The third-order valence-corrected chi connectivity index (χ3v) is 5.50. The van der Waals surface area contributed by atoms with Gasteiger partial charge in [0, 0.05) is 29.3 Å². The predicted molar refractivity (Wildman–Crippen MR) is 94.4 cm³/mol. The number of aliphatic carboxylic acids is 1. The van der Waals surface area contributed by atoms with Crippen molar-refractivity contribution in [3.8, 4) is 0 Å². The zero-order valence-corrected chi connectivity index (χ0v) is 14.8. The standard InChI is InChI=1S/C18H25NO4S/c1-2-8-18(17(22)23)9-3-10-19(13-18)16(21)14-4-6-15(7-5-14)24-12-11-20/h4-7,20H,2-3,8-13H2,1H3,(H,22,23)/t18-/m1/s1. The first-order valence-electron chi connectivity index (χ1n) is 8.39.